The van der Waals surface area contributed by atoms with E-state index >= 15 is 0 Å². The number of carbonyl (C=O) groups is 1. The average Bonchev–Trinajstić information content (AvgIpc) is 2.18. The van der Waals surface area contributed by atoms with Gasteiger partial charge in [0.05, 0.1) is 0 Å². The van der Waals surface area contributed by atoms with Gasteiger partial charge in [-0.2, -0.15) is 0 Å². The van der Waals surface area contributed by atoms with E-state index in [4.69, 9.17) is 5.11 Å². The molecule has 1 rings (SSSR count). The molecule has 0 aliphatic heterocycles. The summed E-state index contributed by atoms with van der Waals surface area (Å²) >= 11 is 0. The lowest BCUT2D eigenvalue weighted by atomic mass is 10.2. The predicted molar refractivity (Wildman–Crippen MR) is 58.3 cm³/mol. The summed E-state index contributed by atoms with van der Waals surface area (Å²) in [6, 6.07) is 6.66. The number of carboxylic acid groups (broad SMARTS) is 1. The first-order chi connectivity index (χ1) is 7.10. The zero-order valence-corrected chi connectivity index (χ0v) is 9.16. The lowest BCUT2D eigenvalue weighted by Gasteiger charge is -1.92. The molecule has 3 heteroatoms. The third-order valence-corrected chi connectivity index (χ3v) is 1.76. The van der Waals surface area contributed by atoms with E-state index in [0.717, 1.165) is 18.4 Å². The van der Waals surface area contributed by atoms with Crippen LogP contribution in [0.1, 0.15) is 32.3 Å². The molecule has 0 bridgehead atoms. The molecule has 0 radical (unpaired) electrons. The van der Waals surface area contributed by atoms with E-state index in [0.29, 0.717) is 6.42 Å². The van der Waals surface area contributed by atoms with E-state index in [1.54, 1.807) is 12.1 Å². The van der Waals surface area contributed by atoms with Crippen molar-refractivity contribution in [2.45, 2.75) is 33.1 Å². The van der Waals surface area contributed by atoms with Crippen molar-refractivity contribution in [3.8, 4) is 0 Å². The molecule has 1 aromatic rings. The molecule has 0 unspecified atom stereocenters. The highest BCUT2D eigenvalue weighted by Gasteiger charge is 1.89. The van der Waals surface area contributed by atoms with Crippen molar-refractivity contribution in [3.63, 3.8) is 0 Å². The normalized spacial score (nSPS) is 9.00. The lowest BCUT2D eigenvalue weighted by Crippen LogP contribution is -1.90. The zero-order valence-electron chi connectivity index (χ0n) is 9.16. The molecule has 0 saturated heterocycles. The minimum absolute atomic E-state index is 0.144. The van der Waals surface area contributed by atoms with Crippen LogP contribution in [0.15, 0.2) is 24.3 Å². The Kier molecular flexibility index (Phi) is 7.24. The van der Waals surface area contributed by atoms with Gasteiger partial charge >= 0.3 is 5.97 Å². The molecule has 15 heavy (non-hydrogen) atoms. The fourth-order valence-corrected chi connectivity index (χ4v) is 0.971. The first-order valence-electron chi connectivity index (χ1n) is 5.06. The number of hydrogen-bond acceptors (Lipinski definition) is 1. The van der Waals surface area contributed by atoms with Crippen molar-refractivity contribution in [2.75, 3.05) is 0 Å². The van der Waals surface area contributed by atoms with Crippen molar-refractivity contribution >= 4 is 5.97 Å². The summed E-state index contributed by atoms with van der Waals surface area (Å²) in [5, 5.41) is 7.91. The molecule has 0 fully saturated rings. The molecule has 0 saturated carbocycles. The first-order valence-corrected chi connectivity index (χ1v) is 5.06. The Morgan fingerprint density at radius 3 is 2.33 bits per heavy atom. The number of aliphatic carboxylic acids is 1. The average molecular weight is 212 g/mol. The van der Waals surface area contributed by atoms with Gasteiger partial charge in [-0.1, -0.05) is 26.0 Å². The molecule has 0 aliphatic rings. The standard InChI is InChI=1S/C8H9F.C4H8O2/c1-2-7-4-3-5-8(9)6-7;1-2-3-4(5)6/h3-6H,2H2,1H3;2-3H2,1H3,(H,5,6). The molecule has 2 nitrogen and oxygen atoms in total. The lowest BCUT2D eigenvalue weighted by molar-refractivity contribution is -0.137. The van der Waals surface area contributed by atoms with Crippen LogP contribution in [0.3, 0.4) is 0 Å². The monoisotopic (exact) mass is 212 g/mol. The highest BCUT2D eigenvalue weighted by atomic mass is 19.1. The minimum atomic E-state index is -0.711. The third kappa shape index (κ3) is 7.67. The largest absolute Gasteiger partial charge is 0.481 e. The maximum atomic E-state index is 12.4. The van der Waals surface area contributed by atoms with E-state index in [1.165, 1.54) is 6.07 Å². The predicted octanol–water partition coefficient (Wildman–Crippen LogP) is 3.26. The minimum Gasteiger partial charge on any atom is -0.481 e. The molecule has 0 aromatic heterocycles. The Bertz CT molecular complexity index is 297. The molecular weight excluding hydrogens is 195 g/mol. The molecule has 1 N–H and O–H groups in total. The summed E-state index contributed by atoms with van der Waals surface area (Å²) in [7, 11) is 0. The molecule has 0 spiro atoms. The van der Waals surface area contributed by atoms with Gasteiger partial charge in [0.2, 0.25) is 0 Å². The summed E-state index contributed by atoms with van der Waals surface area (Å²) in [4.78, 5) is 9.60. The topological polar surface area (TPSA) is 37.3 Å². The number of halogens is 1. The van der Waals surface area contributed by atoms with Gasteiger partial charge in [-0.15, -0.1) is 0 Å². The van der Waals surface area contributed by atoms with Crippen LogP contribution in [0.5, 0.6) is 0 Å². The van der Waals surface area contributed by atoms with Gasteiger partial charge in [-0.3, -0.25) is 4.79 Å². The van der Waals surface area contributed by atoms with Gasteiger partial charge in [0.15, 0.2) is 0 Å². The molecule has 0 atom stereocenters. The second-order valence-electron chi connectivity index (χ2n) is 3.13. The van der Waals surface area contributed by atoms with Crippen LogP contribution in [-0.4, -0.2) is 11.1 Å². The van der Waals surface area contributed by atoms with E-state index in [-0.39, 0.29) is 5.82 Å². The Morgan fingerprint density at radius 1 is 1.40 bits per heavy atom. The number of aryl methyl sites for hydroxylation is 1. The molecule has 0 aliphatic carbocycles. The SMILES string of the molecule is CCCC(=O)O.CCc1cccc(F)c1. The van der Waals surface area contributed by atoms with Gasteiger partial charge in [0, 0.05) is 6.42 Å². The Hall–Kier alpha value is -1.38. The highest BCUT2D eigenvalue weighted by molar-refractivity contribution is 5.66. The van der Waals surface area contributed by atoms with Gasteiger partial charge in [-0.05, 0) is 30.5 Å². The second kappa shape index (κ2) is 7.97. The fourth-order valence-electron chi connectivity index (χ4n) is 0.971. The van der Waals surface area contributed by atoms with Crippen molar-refractivity contribution in [1.29, 1.82) is 0 Å². The van der Waals surface area contributed by atoms with Crippen molar-refractivity contribution < 1.29 is 14.3 Å². The zero-order chi connectivity index (χ0) is 11.7. The van der Waals surface area contributed by atoms with Gasteiger partial charge < -0.3 is 5.11 Å². The van der Waals surface area contributed by atoms with Gasteiger partial charge in [0.25, 0.3) is 0 Å². The molecule has 84 valence electrons. The summed E-state index contributed by atoms with van der Waals surface area (Å²) in [6.45, 7) is 3.85. The Morgan fingerprint density at radius 2 is 2.07 bits per heavy atom. The number of hydrogen-bond donors (Lipinski definition) is 1. The maximum absolute atomic E-state index is 12.4. The van der Waals surface area contributed by atoms with Crippen LogP contribution in [0.4, 0.5) is 4.39 Å². The van der Waals surface area contributed by atoms with Crippen LogP contribution in [0, 0.1) is 5.82 Å². The molecule has 0 heterocycles. The first kappa shape index (κ1) is 13.6. The van der Waals surface area contributed by atoms with E-state index < -0.39 is 5.97 Å². The quantitative estimate of drug-likeness (QED) is 0.835. The Labute approximate surface area is 89.7 Å². The summed E-state index contributed by atoms with van der Waals surface area (Å²) in [5.41, 5.74) is 1.05. The second-order valence-corrected chi connectivity index (χ2v) is 3.13. The molecule has 1 aromatic carbocycles. The number of carboxylic acids is 1. The van der Waals surface area contributed by atoms with Crippen LogP contribution in [0.25, 0.3) is 0 Å². The summed E-state index contributed by atoms with van der Waals surface area (Å²) in [6.07, 6.45) is 1.92. The van der Waals surface area contributed by atoms with Crippen LogP contribution < -0.4 is 0 Å². The number of rotatable bonds is 3. The van der Waals surface area contributed by atoms with E-state index in [1.807, 2.05) is 19.9 Å². The third-order valence-electron chi connectivity index (χ3n) is 1.76. The van der Waals surface area contributed by atoms with Crippen molar-refractivity contribution in [1.82, 2.24) is 0 Å². The molecular formula is C12H17FO2. The van der Waals surface area contributed by atoms with Crippen molar-refractivity contribution in [2.24, 2.45) is 0 Å². The van der Waals surface area contributed by atoms with Gasteiger partial charge in [0.1, 0.15) is 5.82 Å². The van der Waals surface area contributed by atoms with Crippen LogP contribution in [0.2, 0.25) is 0 Å². The van der Waals surface area contributed by atoms with E-state index in [2.05, 4.69) is 0 Å². The smallest absolute Gasteiger partial charge is 0.303 e. The van der Waals surface area contributed by atoms with Crippen molar-refractivity contribution in [3.05, 3.63) is 35.6 Å². The summed E-state index contributed by atoms with van der Waals surface area (Å²) in [5.74, 6) is -0.855. The van der Waals surface area contributed by atoms with Crippen LogP contribution >= 0.6 is 0 Å². The highest BCUT2D eigenvalue weighted by Crippen LogP contribution is 2.02. The van der Waals surface area contributed by atoms with Crippen LogP contribution in [-0.2, 0) is 11.2 Å². The molecule has 0 amide bonds. The number of benzene rings is 1. The summed E-state index contributed by atoms with van der Waals surface area (Å²) < 4.78 is 12.4. The Balaban J connectivity index is 0.000000288. The maximum Gasteiger partial charge on any atom is 0.303 e. The van der Waals surface area contributed by atoms with Gasteiger partial charge in [-0.25, -0.2) is 4.39 Å². The fraction of sp³-hybridized carbons (Fsp3) is 0.417. The van der Waals surface area contributed by atoms with E-state index in [9.17, 15) is 9.18 Å².